The Morgan fingerprint density at radius 1 is 0.903 bits per heavy atom. The number of nitrogens with one attached hydrogen (secondary N) is 3. The molecule has 0 bridgehead atoms. The van der Waals surface area contributed by atoms with Gasteiger partial charge < -0.3 is 20.9 Å². The first-order valence-corrected chi connectivity index (χ1v) is 9.93. The van der Waals surface area contributed by atoms with E-state index >= 15 is 0 Å². The van der Waals surface area contributed by atoms with Crippen LogP contribution in [0.4, 0.5) is 5.69 Å². The Balaban J connectivity index is 1.74. The first-order valence-electron chi connectivity index (χ1n) is 9.93. The van der Waals surface area contributed by atoms with E-state index in [2.05, 4.69) is 16.1 Å². The van der Waals surface area contributed by atoms with Crippen LogP contribution in [0.5, 0.6) is 5.75 Å². The first-order chi connectivity index (χ1) is 15.0. The number of amides is 2. The average molecular weight is 419 g/mol. The summed E-state index contributed by atoms with van der Waals surface area (Å²) in [5.41, 5.74) is 5.01. The number of phenolic OH excluding ortho intramolecular Hbond substituents is 1. The van der Waals surface area contributed by atoms with Crippen molar-refractivity contribution in [3.8, 4) is 5.75 Å². The molecule has 160 valence electrons. The number of carbonyl (C=O) groups excluding carboxylic acids is 2. The van der Waals surface area contributed by atoms with Crippen LogP contribution in [0.15, 0.2) is 72.8 Å². The number of hydroxylamine groups is 1. The van der Waals surface area contributed by atoms with Gasteiger partial charge in [0.05, 0.1) is 6.04 Å². The van der Waals surface area contributed by atoms with E-state index in [4.69, 9.17) is 0 Å². The van der Waals surface area contributed by atoms with Crippen molar-refractivity contribution in [3.05, 3.63) is 95.1 Å². The van der Waals surface area contributed by atoms with Gasteiger partial charge in [0, 0.05) is 23.4 Å². The van der Waals surface area contributed by atoms with Crippen molar-refractivity contribution in [1.82, 2.24) is 10.8 Å². The molecule has 5 N–H and O–H groups in total. The quantitative estimate of drug-likeness (QED) is 0.358. The molecule has 3 aromatic carbocycles. The van der Waals surface area contributed by atoms with Gasteiger partial charge in [-0.3, -0.25) is 9.59 Å². The Hall–Kier alpha value is -3.68. The van der Waals surface area contributed by atoms with Gasteiger partial charge in [0.15, 0.2) is 0 Å². The topological polar surface area (TPSA) is 111 Å². The van der Waals surface area contributed by atoms with Crippen LogP contribution in [0.2, 0.25) is 0 Å². The lowest BCUT2D eigenvalue weighted by atomic mass is 10.00. The van der Waals surface area contributed by atoms with Crippen molar-refractivity contribution < 1.29 is 19.9 Å². The second-order valence-electron chi connectivity index (χ2n) is 7.19. The van der Waals surface area contributed by atoms with E-state index in [0.717, 1.165) is 5.56 Å². The number of phenols is 1. The Morgan fingerprint density at radius 3 is 2.19 bits per heavy atom. The Bertz CT molecular complexity index is 1040. The van der Waals surface area contributed by atoms with E-state index in [1.54, 1.807) is 55.5 Å². The lowest BCUT2D eigenvalue weighted by Crippen LogP contribution is -2.27. The van der Waals surface area contributed by atoms with Crippen LogP contribution in [0.1, 0.15) is 44.8 Å². The van der Waals surface area contributed by atoms with Gasteiger partial charge in [0.25, 0.3) is 11.8 Å². The highest BCUT2D eigenvalue weighted by Crippen LogP contribution is 2.19. The fourth-order valence-corrected chi connectivity index (χ4v) is 3.05. The van der Waals surface area contributed by atoms with Crippen molar-refractivity contribution in [2.45, 2.75) is 19.4 Å². The number of anilines is 1. The number of carbonyl (C=O) groups is 2. The average Bonchev–Trinajstić information content (AvgIpc) is 2.80. The summed E-state index contributed by atoms with van der Waals surface area (Å²) < 4.78 is 0. The molecule has 3 aromatic rings. The summed E-state index contributed by atoms with van der Waals surface area (Å²) in [5.74, 6) is -0.478. The highest BCUT2D eigenvalue weighted by molar-refractivity contribution is 6.06. The number of rotatable bonds is 8. The summed E-state index contributed by atoms with van der Waals surface area (Å²) >= 11 is 0. The van der Waals surface area contributed by atoms with Crippen molar-refractivity contribution in [1.29, 1.82) is 0 Å². The first kappa shape index (κ1) is 22.0. The predicted molar refractivity (Wildman–Crippen MR) is 118 cm³/mol. The van der Waals surface area contributed by atoms with Crippen LogP contribution in [0.3, 0.4) is 0 Å². The van der Waals surface area contributed by atoms with Crippen LogP contribution >= 0.6 is 0 Å². The molecule has 3 rings (SSSR count). The fraction of sp³-hybridized carbons (Fsp3) is 0.167. The van der Waals surface area contributed by atoms with Crippen molar-refractivity contribution in [2.75, 3.05) is 11.9 Å². The van der Waals surface area contributed by atoms with E-state index < -0.39 is 6.04 Å². The van der Waals surface area contributed by atoms with Gasteiger partial charge in [-0.05, 0) is 66.9 Å². The molecule has 2 amide bonds. The van der Waals surface area contributed by atoms with Crippen molar-refractivity contribution in [3.63, 3.8) is 0 Å². The predicted octanol–water partition coefficient (Wildman–Crippen LogP) is 3.66. The lowest BCUT2D eigenvalue weighted by molar-refractivity contribution is 0.0953. The molecule has 0 heterocycles. The SMILES string of the molecule is CC(NO)c1cc(C(=O)NCCc2ccc(O)cc2)cc(C(=O)Nc2ccccc2)c1. The molecule has 0 aromatic heterocycles. The van der Waals surface area contributed by atoms with E-state index in [1.165, 1.54) is 6.07 Å². The molecule has 1 unspecified atom stereocenters. The molecular weight excluding hydrogens is 394 g/mol. The summed E-state index contributed by atoms with van der Waals surface area (Å²) in [6.45, 7) is 2.12. The van der Waals surface area contributed by atoms with Gasteiger partial charge in [-0.2, -0.15) is 5.48 Å². The highest BCUT2D eigenvalue weighted by atomic mass is 16.5. The molecule has 7 nitrogen and oxygen atoms in total. The largest absolute Gasteiger partial charge is 0.508 e. The zero-order valence-electron chi connectivity index (χ0n) is 17.1. The molecular formula is C24H25N3O4. The van der Waals surface area contributed by atoms with Crippen LogP contribution in [0, 0.1) is 0 Å². The summed E-state index contributed by atoms with van der Waals surface area (Å²) in [4.78, 5) is 25.5. The van der Waals surface area contributed by atoms with E-state index in [1.807, 2.05) is 18.2 Å². The lowest BCUT2D eigenvalue weighted by Gasteiger charge is -2.14. The fourth-order valence-electron chi connectivity index (χ4n) is 3.05. The van der Waals surface area contributed by atoms with Gasteiger partial charge in [-0.1, -0.05) is 30.3 Å². The number of aromatic hydroxyl groups is 1. The molecule has 0 aliphatic carbocycles. The van der Waals surface area contributed by atoms with Gasteiger partial charge >= 0.3 is 0 Å². The molecule has 31 heavy (non-hydrogen) atoms. The van der Waals surface area contributed by atoms with E-state index in [9.17, 15) is 19.9 Å². The zero-order chi connectivity index (χ0) is 22.2. The number of para-hydroxylation sites is 1. The second kappa shape index (κ2) is 10.4. The second-order valence-corrected chi connectivity index (χ2v) is 7.19. The van der Waals surface area contributed by atoms with Crippen LogP contribution in [-0.4, -0.2) is 28.7 Å². The van der Waals surface area contributed by atoms with Gasteiger partial charge in [-0.25, -0.2) is 0 Å². The third-order valence-electron chi connectivity index (χ3n) is 4.84. The molecule has 7 heteroatoms. The summed E-state index contributed by atoms with van der Waals surface area (Å²) in [7, 11) is 0. The summed E-state index contributed by atoms with van der Waals surface area (Å²) in [6.07, 6.45) is 0.599. The number of hydrogen-bond acceptors (Lipinski definition) is 5. The summed E-state index contributed by atoms with van der Waals surface area (Å²) in [5, 5.41) is 24.3. The number of benzene rings is 3. The third-order valence-corrected chi connectivity index (χ3v) is 4.84. The molecule has 0 saturated heterocycles. The minimum Gasteiger partial charge on any atom is -0.508 e. The molecule has 0 saturated carbocycles. The molecule has 1 atom stereocenters. The highest BCUT2D eigenvalue weighted by Gasteiger charge is 2.16. The normalized spacial score (nSPS) is 11.5. The molecule has 0 radical (unpaired) electrons. The maximum Gasteiger partial charge on any atom is 0.255 e. The van der Waals surface area contributed by atoms with Crippen molar-refractivity contribution in [2.24, 2.45) is 0 Å². The van der Waals surface area contributed by atoms with Gasteiger partial charge in [0.1, 0.15) is 5.75 Å². The molecule has 0 aliphatic rings. The smallest absolute Gasteiger partial charge is 0.255 e. The van der Waals surface area contributed by atoms with Crippen LogP contribution in [-0.2, 0) is 6.42 Å². The molecule has 0 fully saturated rings. The monoisotopic (exact) mass is 419 g/mol. The zero-order valence-corrected chi connectivity index (χ0v) is 17.1. The van der Waals surface area contributed by atoms with Crippen molar-refractivity contribution >= 4 is 17.5 Å². The maximum absolute atomic E-state index is 12.7. The number of hydrogen-bond donors (Lipinski definition) is 5. The van der Waals surface area contributed by atoms with Crippen LogP contribution < -0.4 is 16.1 Å². The minimum absolute atomic E-state index is 0.192. The Kier molecular flexibility index (Phi) is 7.37. The minimum atomic E-state index is -0.465. The van der Waals surface area contributed by atoms with Gasteiger partial charge in [-0.15, -0.1) is 0 Å². The standard InChI is InChI=1S/C24H25N3O4/c1-16(27-31)18-13-19(23(29)25-12-11-17-7-9-22(28)10-8-17)15-20(14-18)24(30)26-21-5-3-2-4-6-21/h2-10,13-16,27-28,31H,11-12H2,1H3,(H,25,29)(H,26,30). The van der Waals surface area contributed by atoms with Gasteiger partial charge in [0.2, 0.25) is 0 Å². The molecule has 0 aliphatic heterocycles. The van der Waals surface area contributed by atoms with Crippen LogP contribution in [0.25, 0.3) is 0 Å². The third kappa shape index (κ3) is 6.15. The Morgan fingerprint density at radius 2 is 1.55 bits per heavy atom. The van der Waals surface area contributed by atoms with E-state index in [0.29, 0.717) is 35.3 Å². The maximum atomic E-state index is 12.7. The van der Waals surface area contributed by atoms with E-state index in [-0.39, 0.29) is 17.6 Å². The summed E-state index contributed by atoms with van der Waals surface area (Å²) in [6, 6.07) is 20.2. The Labute approximate surface area is 180 Å². The molecule has 0 spiro atoms.